The van der Waals surface area contributed by atoms with E-state index in [-0.39, 0.29) is 17.8 Å². The van der Waals surface area contributed by atoms with Gasteiger partial charge in [-0.3, -0.25) is 0 Å². The van der Waals surface area contributed by atoms with Crippen molar-refractivity contribution in [2.45, 2.75) is 33.0 Å². The van der Waals surface area contributed by atoms with Crippen molar-refractivity contribution < 1.29 is 13.2 Å². The van der Waals surface area contributed by atoms with Gasteiger partial charge in [-0.15, -0.1) is 0 Å². The zero-order valence-electron chi connectivity index (χ0n) is 12.8. The fourth-order valence-electron chi connectivity index (χ4n) is 1.88. The molecule has 4 nitrogen and oxygen atoms in total. The van der Waals surface area contributed by atoms with E-state index in [9.17, 15) is 13.2 Å². The molecule has 0 aliphatic heterocycles. The number of halogens is 4. The topological polar surface area (TPSA) is 49.8 Å². The van der Waals surface area contributed by atoms with E-state index in [1.165, 1.54) is 0 Å². The van der Waals surface area contributed by atoms with E-state index in [1.807, 2.05) is 13.0 Å². The molecule has 1 heterocycles. The number of alkyl halides is 3. The maximum Gasteiger partial charge on any atom is 0.433 e. The van der Waals surface area contributed by atoms with Gasteiger partial charge in [-0.05, 0) is 44.5 Å². The standard InChI is InChI=1S/C15H16BrF3N4/c1-8(2)20-14-22-12(15(17,18)19)7-13(23-14)21-11-5-4-10(16)6-9(11)3/h4-8H,1-3H3,(H2,20,21,22,23). The molecule has 8 heteroatoms. The molecule has 0 aliphatic rings. The number of hydrogen-bond acceptors (Lipinski definition) is 4. The van der Waals surface area contributed by atoms with Crippen LogP contribution in [0.1, 0.15) is 25.1 Å². The molecule has 124 valence electrons. The SMILES string of the molecule is Cc1cc(Br)ccc1Nc1cc(C(F)(F)F)nc(NC(C)C)n1. The van der Waals surface area contributed by atoms with Crippen LogP contribution in [0.3, 0.4) is 0 Å². The van der Waals surface area contributed by atoms with Crippen LogP contribution >= 0.6 is 15.9 Å². The summed E-state index contributed by atoms with van der Waals surface area (Å²) in [6.07, 6.45) is -4.54. The second-order valence-corrected chi connectivity index (χ2v) is 6.26. The van der Waals surface area contributed by atoms with Gasteiger partial charge >= 0.3 is 6.18 Å². The molecule has 0 saturated carbocycles. The number of hydrogen-bond donors (Lipinski definition) is 2. The van der Waals surface area contributed by atoms with Gasteiger partial charge in [0.2, 0.25) is 5.95 Å². The number of aromatic nitrogens is 2. The third-order valence-electron chi connectivity index (χ3n) is 2.89. The second-order valence-electron chi connectivity index (χ2n) is 5.34. The van der Waals surface area contributed by atoms with Crippen molar-refractivity contribution in [3.8, 4) is 0 Å². The highest BCUT2D eigenvalue weighted by Crippen LogP contribution is 2.31. The number of anilines is 3. The van der Waals surface area contributed by atoms with Crippen LogP contribution in [0.4, 0.5) is 30.6 Å². The molecule has 0 unspecified atom stereocenters. The Bertz CT molecular complexity index is 702. The molecule has 0 fully saturated rings. The molecule has 1 aromatic heterocycles. The summed E-state index contributed by atoms with van der Waals surface area (Å²) in [6.45, 7) is 5.46. The Morgan fingerprint density at radius 2 is 1.83 bits per heavy atom. The second kappa shape index (κ2) is 6.74. The average molecular weight is 389 g/mol. The third kappa shape index (κ3) is 4.82. The van der Waals surface area contributed by atoms with E-state index in [4.69, 9.17) is 0 Å². The van der Waals surface area contributed by atoms with Crippen LogP contribution < -0.4 is 10.6 Å². The number of rotatable bonds is 4. The maximum absolute atomic E-state index is 13.0. The molecule has 0 atom stereocenters. The molecular weight excluding hydrogens is 373 g/mol. The minimum absolute atomic E-state index is 0.0629. The molecule has 0 radical (unpaired) electrons. The number of benzene rings is 1. The average Bonchev–Trinajstić information content (AvgIpc) is 2.40. The molecule has 23 heavy (non-hydrogen) atoms. The van der Waals surface area contributed by atoms with Gasteiger partial charge in [0, 0.05) is 22.3 Å². The summed E-state index contributed by atoms with van der Waals surface area (Å²) < 4.78 is 39.9. The van der Waals surface area contributed by atoms with E-state index >= 15 is 0 Å². The predicted molar refractivity (Wildman–Crippen MR) is 88.0 cm³/mol. The summed E-state index contributed by atoms with van der Waals surface area (Å²) in [6, 6.07) is 6.24. The highest BCUT2D eigenvalue weighted by atomic mass is 79.9. The lowest BCUT2D eigenvalue weighted by Crippen LogP contribution is -2.17. The van der Waals surface area contributed by atoms with E-state index in [2.05, 4.69) is 36.5 Å². The van der Waals surface area contributed by atoms with E-state index in [0.29, 0.717) is 5.69 Å². The quantitative estimate of drug-likeness (QED) is 0.761. The highest BCUT2D eigenvalue weighted by molar-refractivity contribution is 9.10. The van der Waals surface area contributed by atoms with Crippen molar-refractivity contribution in [3.05, 3.63) is 40.0 Å². The monoisotopic (exact) mass is 388 g/mol. The van der Waals surface area contributed by atoms with Crippen LogP contribution in [0.5, 0.6) is 0 Å². The summed E-state index contributed by atoms with van der Waals surface area (Å²) in [5, 5.41) is 5.71. The van der Waals surface area contributed by atoms with Crippen molar-refractivity contribution in [2.75, 3.05) is 10.6 Å². The molecule has 1 aromatic carbocycles. The van der Waals surface area contributed by atoms with Crippen molar-refractivity contribution in [3.63, 3.8) is 0 Å². The van der Waals surface area contributed by atoms with Crippen LogP contribution in [-0.2, 0) is 6.18 Å². The van der Waals surface area contributed by atoms with Crippen LogP contribution in [0.15, 0.2) is 28.7 Å². The Labute approximate surface area is 140 Å². The maximum atomic E-state index is 13.0. The summed E-state index contributed by atoms with van der Waals surface area (Å²) in [7, 11) is 0. The largest absolute Gasteiger partial charge is 0.433 e. The third-order valence-corrected chi connectivity index (χ3v) is 3.38. The van der Waals surface area contributed by atoms with E-state index in [0.717, 1.165) is 16.1 Å². The normalized spacial score (nSPS) is 11.7. The molecule has 2 aromatic rings. The molecule has 2 rings (SSSR count). The van der Waals surface area contributed by atoms with E-state index in [1.54, 1.807) is 26.0 Å². The zero-order chi connectivity index (χ0) is 17.2. The van der Waals surface area contributed by atoms with E-state index < -0.39 is 11.9 Å². The summed E-state index contributed by atoms with van der Waals surface area (Å²) in [5.41, 5.74) is 0.563. The summed E-state index contributed by atoms with van der Waals surface area (Å²) in [5.74, 6) is 0.0213. The Balaban J connectivity index is 2.40. The Morgan fingerprint density at radius 1 is 1.13 bits per heavy atom. The molecule has 0 aliphatic carbocycles. The van der Waals surface area contributed by atoms with Gasteiger partial charge in [-0.25, -0.2) is 4.98 Å². The van der Waals surface area contributed by atoms with Gasteiger partial charge in [-0.1, -0.05) is 15.9 Å². The number of nitrogens with one attached hydrogen (secondary N) is 2. The fourth-order valence-corrected chi connectivity index (χ4v) is 2.36. The zero-order valence-corrected chi connectivity index (χ0v) is 14.4. The van der Waals surface area contributed by atoms with Crippen LogP contribution in [0, 0.1) is 6.92 Å². The molecule has 0 spiro atoms. The fraction of sp³-hybridized carbons (Fsp3) is 0.333. The lowest BCUT2D eigenvalue weighted by molar-refractivity contribution is -0.141. The van der Waals surface area contributed by atoms with Crippen molar-refractivity contribution in [2.24, 2.45) is 0 Å². The van der Waals surface area contributed by atoms with Crippen LogP contribution in [-0.4, -0.2) is 16.0 Å². The first-order valence-corrected chi connectivity index (χ1v) is 7.70. The highest BCUT2D eigenvalue weighted by Gasteiger charge is 2.33. The predicted octanol–water partition coefficient (Wildman–Crippen LogP) is 5.13. The van der Waals surface area contributed by atoms with Gasteiger partial charge in [0.15, 0.2) is 5.69 Å². The van der Waals surface area contributed by atoms with Gasteiger partial charge in [0.25, 0.3) is 0 Å². The van der Waals surface area contributed by atoms with Gasteiger partial charge in [0.05, 0.1) is 0 Å². The first kappa shape index (κ1) is 17.5. The molecule has 0 amide bonds. The van der Waals surface area contributed by atoms with Gasteiger partial charge < -0.3 is 10.6 Å². The smallest absolute Gasteiger partial charge is 0.352 e. The molecule has 0 saturated heterocycles. The molecule has 2 N–H and O–H groups in total. The number of aryl methyl sites for hydroxylation is 1. The lowest BCUT2D eigenvalue weighted by atomic mass is 10.2. The first-order chi connectivity index (χ1) is 10.6. The molecule has 0 bridgehead atoms. The minimum Gasteiger partial charge on any atom is -0.352 e. The number of nitrogens with zero attached hydrogens (tertiary/aromatic N) is 2. The lowest BCUT2D eigenvalue weighted by Gasteiger charge is -2.15. The Kier molecular flexibility index (Phi) is 5.13. The minimum atomic E-state index is -4.54. The van der Waals surface area contributed by atoms with Crippen LogP contribution in [0.2, 0.25) is 0 Å². The van der Waals surface area contributed by atoms with Crippen LogP contribution in [0.25, 0.3) is 0 Å². The van der Waals surface area contributed by atoms with Crippen molar-refractivity contribution in [1.29, 1.82) is 0 Å². The van der Waals surface area contributed by atoms with Gasteiger partial charge in [-0.2, -0.15) is 18.2 Å². The Hall–Kier alpha value is -1.83. The van der Waals surface area contributed by atoms with Gasteiger partial charge in [0.1, 0.15) is 5.82 Å². The van der Waals surface area contributed by atoms with Crippen molar-refractivity contribution in [1.82, 2.24) is 9.97 Å². The summed E-state index contributed by atoms with van der Waals surface area (Å²) in [4.78, 5) is 7.63. The van der Waals surface area contributed by atoms with Crippen molar-refractivity contribution >= 4 is 33.4 Å². The summed E-state index contributed by atoms with van der Waals surface area (Å²) >= 11 is 3.35. The molecular formula is C15H16BrF3N4. The Morgan fingerprint density at radius 3 is 2.39 bits per heavy atom. The first-order valence-electron chi connectivity index (χ1n) is 6.91.